The van der Waals surface area contributed by atoms with Crippen LogP contribution in [0.3, 0.4) is 0 Å². The number of benzene rings is 1. The molecule has 0 amide bonds. The van der Waals surface area contributed by atoms with Crippen molar-refractivity contribution >= 4 is 15.9 Å². The number of hydrogen-bond acceptors (Lipinski definition) is 2. The van der Waals surface area contributed by atoms with Crippen molar-refractivity contribution in [2.45, 2.75) is 19.4 Å². The molecule has 2 rings (SSSR count). The molecule has 0 saturated heterocycles. The maximum Gasteiger partial charge on any atom is 0.139 e. The molecule has 0 aliphatic rings. The van der Waals surface area contributed by atoms with E-state index in [9.17, 15) is 0 Å². The van der Waals surface area contributed by atoms with Crippen LogP contribution in [0.2, 0.25) is 0 Å². The largest absolute Gasteiger partial charge is 0.466 e. The van der Waals surface area contributed by atoms with Crippen molar-refractivity contribution in [3.63, 3.8) is 0 Å². The van der Waals surface area contributed by atoms with Crippen LogP contribution in [0.4, 0.5) is 0 Å². The second-order valence-electron chi connectivity index (χ2n) is 3.93. The number of nitrogens with one attached hydrogen (secondary N) is 1. The topological polar surface area (TPSA) is 25.2 Å². The van der Waals surface area contributed by atoms with Gasteiger partial charge in [-0.3, -0.25) is 0 Å². The quantitative estimate of drug-likeness (QED) is 0.897. The van der Waals surface area contributed by atoms with Gasteiger partial charge in [0.15, 0.2) is 0 Å². The summed E-state index contributed by atoms with van der Waals surface area (Å²) >= 11 is 3.52. The van der Waals surface area contributed by atoms with E-state index in [1.54, 1.807) is 6.26 Å². The van der Waals surface area contributed by atoms with Crippen LogP contribution in [0.5, 0.6) is 0 Å². The van der Waals surface area contributed by atoms with Crippen LogP contribution >= 0.6 is 15.9 Å². The van der Waals surface area contributed by atoms with Crippen LogP contribution in [-0.4, -0.2) is 6.54 Å². The van der Waals surface area contributed by atoms with Gasteiger partial charge >= 0.3 is 0 Å². The van der Waals surface area contributed by atoms with E-state index in [2.05, 4.69) is 40.3 Å². The summed E-state index contributed by atoms with van der Waals surface area (Å²) in [5.74, 6) is 0.935. The van der Waals surface area contributed by atoms with Crippen LogP contribution in [0.1, 0.15) is 30.7 Å². The molecular weight excluding hydrogens is 278 g/mol. The van der Waals surface area contributed by atoms with Gasteiger partial charge in [-0.15, -0.1) is 0 Å². The Balaban J connectivity index is 2.29. The van der Waals surface area contributed by atoms with Crippen molar-refractivity contribution in [2.24, 2.45) is 0 Å². The molecule has 0 bridgehead atoms. The highest BCUT2D eigenvalue weighted by molar-refractivity contribution is 9.10. The highest BCUT2D eigenvalue weighted by Gasteiger charge is 2.18. The fourth-order valence-electron chi connectivity index (χ4n) is 1.81. The van der Waals surface area contributed by atoms with Gasteiger partial charge < -0.3 is 9.73 Å². The van der Waals surface area contributed by atoms with Crippen LogP contribution in [-0.2, 0) is 0 Å². The summed E-state index contributed by atoms with van der Waals surface area (Å²) in [6.07, 6.45) is 2.81. The lowest BCUT2D eigenvalue weighted by molar-refractivity contribution is 0.444. The van der Waals surface area contributed by atoms with E-state index in [0.29, 0.717) is 0 Å². The Labute approximate surface area is 110 Å². The van der Waals surface area contributed by atoms with Crippen LogP contribution < -0.4 is 5.32 Å². The average molecular weight is 294 g/mol. The SMILES string of the molecule is CCCNC(c1ccccc1)c1occc1Br. The summed E-state index contributed by atoms with van der Waals surface area (Å²) in [5.41, 5.74) is 1.22. The lowest BCUT2D eigenvalue weighted by Gasteiger charge is -2.17. The van der Waals surface area contributed by atoms with Crippen LogP contribution in [0, 0.1) is 0 Å². The molecule has 0 radical (unpaired) electrons. The second kappa shape index (κ2) is 6.03. The van der Waals surface area contributed by atoms with E-state index in [1.165, 1.54) is 5.56 Å². The first-order chi connectivity index (χ1) is 8.33. The zero-order chi connectivity index (χ0) is 12.1. The van der Waals surface area contributed by atoms with Crippen molar-refractivity contribution in [1.29, 1.82) is 0 Å². The zero-order valence-electron chi connectivity index (χ0n) is 9.82. The summed E-state index contributed by atoms with van der Waals surface area (Å²) in [6.45, 7) is 3.12. The molecule has 17 heavy (non-hydrogen) atoms. The molecule has 1 atom stereocenters. The third-order valence-corrected chi connectivity index (χ3v) is 3.29. The summed E-state index contributed by atoms with van der Waals surface area (Å²) < 4.78 is 6.58. The van der Waals surface area contributed by atoms with Gasteiger partial charge in [-0.1, -0.05) is 37.3 Å². The van der Waals surface area contributed by atoms with E-state index >= 15 is 0 Å². The van der Waals surface area contributed by atoms with E-state index in [4.69, 9.17) is 4.42 Å². The fourth-order valence-corrected chi connectivity index (χ4v) is 2.24. The molecule has 2 aromatic rings. The Morgan fingerprint density at radius 2 is 2.00 bits per heavy atom. The van der Waals surface area contributed by atoms with Gasteiger partial charge in [0.1, 0.15) is 5.76 Å². The number of halogens is 1. The molecule has 0 saturated carbocycles. The summed E-state index contributed by atoms with van der Waals surface area (Å²) in [6, 6.07) is 12.4. The van der Waals surface area contributed by atoms with Crippen molar-refractivity contribution in [3.8, 4) is 0 Å². The molecule has 0 aliphatic carbocycles. The Hall–Kier alpha value is -1.06. The minimum absolute atomic E-state index is 0.112. The highest BCUT2D eigenvalue weighted by Crippen LogP contribution is 2.29. The maximum atomic E-state index is 5.57. The summed E-state index contributed by atoms with van der Waals surface area (Å²) in [5, 5.41) is 3.51. The van der Waals surface area contributed by atoms with Crippen molar-refractivity contribution in [2.75, 3.05) is 6.54 Å². The molecule has 1 heterocycles. The Morgan fingerprint density at radius 1 is 1.24 bits per heavy atom. The lowest BCUT2D eigenvalue weighted by atomic mass is 10.0. The number of hydrogen-bond donors (Lipinski definition) is 1. The van der Waals surface area contributed by atoms with Gasteiger partial charge in [-0.25, -0.2) is 0 Å². The minimum Gasteiger partial charge on any atom is -0.466 e. The highest BCUT2D eigenvalue weighted by atomic mass is 79.9. The third kappa shape index (κ3) is 2.99. The molecule has 0 spiro atoms. The first-order valence-corrected chi connectivity index (χ1v) is 6.63. The van der Waals surface area contributed by atoms with Gasteiger partial charge in [-0.05, 0) is 40.5 Å². The van der Waals surface area contributed by atoms with Gasteiger partial charge in [0, 0.05) is 0 Å². The molecular formula is C14H16BrNO. The maximum absolute atomic E-state index is 5.57. The van der Waals surface area contributed by atoms with Crippen molar-refractivity contribution in [1.82, 2.24) is 5.32 Å². The van der Waals surface area contributed by atoms with E-state index in [-0.39, 0.29) is 6.04 Å². The summed E-state index contributed by atoms with van der Waals surface area (Å²) in [4.78, 5) is 0. The standard InChI is InChI=1S/C14H16BrNO/c1-2-9-16-13(11-6-4-3-5-7-11)14-12(15)8-10-17-14/h3-8,10,13,16H,2,9H2,1H3. The molecule has 1 aromatic heterocycles. The first-order valence-electron chi connectivity index (χ1n) is 5.84. The minimum atomic E-state index is 0.112. The predicted molar refractivity (Wildman–Crippen MR) is 73.0 cm³/mol. The van der Waals surface area contributed by atoms with Crippen molar-refractivity contribution < 1.29 is 4.42 Å². The number of rotatable bonds is 5. The van der Waals surface area contributed by atoms with Crippen LogP contribution in [0.15, 0.2) is 51.6 Å². The van der Waals surface area contributed by atoms with E-state index in [0.717, 1.165) is 23.2 Å². The molecule has 3 heteroatoms. The average Bonchev–Trinajstić information content (AvgIpc) is 2.78. The smallest absolute Gasteiger partial charge is 0.139 e. The van der Waals surface area contributed by atoms with Gasteiger partial charge in [0.05, 0.1) is 16.8 Å². The van der Waals surface area contributed by atoms with E-state index in [1.807, 2.05) is 24.3 Å². The molecule has 2 nitrogen and oxygen atoms in total. The third-order valence-electron chi connectivity index (χ3n) is 2.64. The van der Waals surface area contributed by atoms with Crippen LogP contribution in [0.25, 0.3) is 0 Å². The first kappa shape index (κ1) is 12.4. The van der Waals surface area contributed by atoms with Gasteiger partial charge in [0.2, 0.25) is 0 Å². The van der Waals surface area contributed by atoms with E-state index < -0.39 is 0 Å². The Kier molecular flexibility index (Phi) is 4.40. The zero-order valence-corrected chi connectivity index (χ0v) is 11.4. The molecule has 1 aromatic carbocycles. The fraction of sp³-hybridized carbons (Fsp3) is 0.286. The molecule has 0 fully saturated rings. The number of furan rings is 1. The molecule has 1 unspecified atom stereocenters. The summed E-state index contributed by atoms with van der Waals surface area (Å²) in [7, 11) is 0. The van der Waals surface area contributed by atoms with Gasteiger partial charge in [-0.2, -0.15) is 0 Å². The predicted octanol–water partition coefficient (Wildman–Crippen LogP) is 4.13. The molecule has 1 N–H and O–H groups in total. The lowest BCUT2D eigenvalue weighted by Crippen LogP contribution is -2.23. The molecule has 90 valence electrons. The Morgan fingerprint density at radius 3 is 2.59 bits per heavy atom. The normalized spacial score (nSPS) is 12.6. The van der Waals surface area contributed by atoms with Gasteiger partial charge in [0.25, 0.3) is 0 Å². The molecule has 0 aliphatic heterocycles. The van der Waals surface area contributed by atoms with Crippen molar-refractivity contribution in [3.05, 3.63) is 58.5 Å². The second-order valence-corrected chi connectivity index (χ2v) is 4.78. The Bertz CT molecular complexity index is 452. The monoisotopic (exact) mass is 293 g/mol.